The van der Waals surface area contributed by atoms with Crippen molar-refractivity contribution in [3.05, 3.63) is 0 Å². The summed E-state index contributed by atoms with van der Waals surface area (Å²) < 4.78 is 5.43. The molecule has 17 heavy (non-hydrogen) atoms. The van der Waals surface area contributed by atoms with Crippen molar-refractivity contribution in [3.63, 3.8) is 0 Å². The standard InChI is InChI=1S/C12H23N3O2/c1-2-10(7-13)15-5-6-17-8-11(15)12(16)14-9-3-4-9/h9-11H,2-8,13H2,1H3,(H,14,16). The van der Waals surface area contributed by atoms with Gasteiger partial charge in [-0.15, -0.1) is 0 Å². The first-order valence-corrected chi connectivity index (χ1v) is 6.60. The average Bonchev–Trinajstić information content (AvgIpc) is 3.15. The van der Waals surface area contributed by atoms with Crippen LogP contribution in [0.4, 0.5) is 0 Å². The Morgan fingerprint density at radius 1 is 1.59 bits per heavy atom. The zero-order valence-corrected chi connectivity index (χ0v) is 10.5. The molecule has 0 aromatic carbocycles. The van der Waals surface area contributed by atoms with Crippen molar-refractivity contribution in [2.24, 2.45) is 5.73 Å². The van der Waals surface area contributed by atoms with E-state index in [9.17, 15) is 4.79 Å². The molecule has 2 fully saturated rings. The number of morpholine rings is 1. The Hall–Kier alpha value is -0.650. The summed E-state index contributed by atoms with van der Waals surface area (Å²) in [6, 6.07) is 0.538. The van der Waals surface area contributed by atoms with E-state index in [-0.39, 0.29) is 18.0 Å². The molecule has 1 saturated heterocycles. The molecule has 0 spiro atoms. The van der Waals surface area contributed by atoms with Crippen LogP contribution in [0.1, 0.15) is 26.2 Å². The number of ether oxygens (including phenoxy) is 1. The van der Waals surface area contributed by atoms with Gasteiger partial charge in [-0.3, -0.25) is 9.69 Å². The molecule has 0 aromatic heterocycles. The van der Waals surface area contributed by atoms with Gasteiger partial charge in [-0.05, 0) is 19.3 Å². The quantitative estimate of drug-likeness (QED) is 0.693. The SMILES string of the molecule is CCC(CN)N1CCOCC1C(=O)NC1CC1. The molecule has 2 atom stereocenters. The van der Waals surface area contributed by atoms with Gasteiger partial charge in [0.2, 0.25) is 5.91 Å². The van der Waals surface area contributed by atoms with Gasteiger partial charge in [0.05, 0.1) is 13.2 Å². The van der Waals surface area contributed by atoms with Gasteiger partial charge in [-0.1, -0.05) is 6.92 Å². The van der Waals surface area contributed by atoms with Gasteiger partial charge in [0.25, 0.3) is 0 Å². The van der Waals surface area contributed by atoms with Gasteiger partial charge < -0.3 is 15.8 Å². The average molecular weight is 241 g/mol. The first kappa shape index (κ1) is 12.8. The van der Waals surface area contributed by atoms with Crippen LogP contribution in [0, 0.1) is 0 Å². The molecule has 5 nitrogen and oxygen atoms in total. The van der Waals surface area contributed by atoms with Crippen LogP contribution in [0.2, 0.25) is 0 Å². The molecule has 2 unspecified atom stereocenters. The predicted molar refractivity (Wildman–Crippen MR) is 65.6 cm³/mol. The number of hydrogen-bond acceptors (Lipinski definition) is 4. The molecule has 1 aliphatic heterocycles. The number of nitrogens with zero attached hydrogens (tertiary/aromatic N) is 1. The molecule has 5 heteroatoms. The van der Waals surface area contributed by atoms with Crippen molar-refractivity contribution in [2.75, 3.05) is 26.3 Å². The summed E-state index contributed by atoms with van der Waals surface area (Å²) in [5.74, 6) is 0.110. The maximum atomic E-state index is 12.1. The Morgan fingerprint density at radius 3 is 2.94 bits per heavy atom. The lowest BCUT2D eigenvalue weighted by atomic mass is 10.1. The summed E-state index contributed by atoms with van der Waals surface area (Å²) in [4.78, 5) is 14.3. The summed E-state index contributed by atoms with van der Waals surface area (Å²) in [6.07, 6.45) is 3.21. The molecule has 2 aliphatic rings. The van der Waals surface area contributed by atoms with Gasteiger partial charge in [0.15, 0.2) is 0 Å². The summed E-state index contributed by atoms with van der Waals surface area (Å²) >= 11 is 0. The minimum Gasteiger partial charge on any atom is -0.378 e. The summed E-state index contributed by atoms with van der Waals surface area (Å²) in [5, 5.41) is 3.06. The maximum Gasteiger partial charge on any atom is 0.239 e. The normalized spacial score (nSPS) is 27.8. The van der Waals surface area contributed by atoms with Gasteiger partial charge in [0, 0.05) is 25.2 Å². The first-order chi connectivity index (χ1) is 8.26. The van der Waals surface area contributed by atoms with Crippen LogP contribution in [0.25, 0.3) is 0 Å². The molecule has 1 heterocycles. The van der Waals surface area contributed by atoms with Crippen LogP contribution in [0.5, 0.6) is 0 Å². The van der Waals surface area contributed by atoms with Crippen molar-refractivity contribution in [1.29, 1.82) is 0 Å². The summed E-state index contributed by atoms with van der Waals surface area (Å²) in [6.45, 7) is 4.71. The number of rotatable bonds is 5. The van der Waals surface area contributed by atoms with Crippen LogP contribution in [-0.4, -0.2) is 55.2 Å². The number of hydrogen-bond donors (Lipinski definition) is 2. The van der Waals surface area contributed by atoms with Crippen molar-refractivity contribution in [1.82, 2.24) is 10.2 Å². The van der Waals surface area contributed by atoms with E-state index in [1.807, 2.05) is 0 Å². The minimum atomic E-state index is -0.155. The highest BCUT2D eigenvalue weighted by Crippen LogP contribution is 2.20. The second-order valence-electron chi connectivity index (χ2n) is 4.91. The second-order valence-corrected chi connectivity index (χ2v) is 4.91. The van der Waals surface area contributed by atoms with Gasteiger partial charge in [-0.2, -0.15) is 0 Å². The Labute approximate surface area is 103 Å². The van der Waals surface area contributed by atoms with Crippen LogP contribution in [-0.2, 0) is 9.53 Å². The van der Waals surface area contributed by atoms with Gasteiger partial charge in [0.1, 0.15) is 6.04 Å². The lowest BCUT2D eigenvalue weighted by Crippen LogP contribution is -2.58. The monoisotopic (exact) mass is 241 g/mol. The minimum absolute atomic E-state index is 0.110. The highest BCUT2D eigenvalue weighted by atomic mass is 16.5. The second kappa shape index (κ2) is 5.80. The van der Waals surface area contributed by atoms with E-state index in [1.54, 1.807) is 0 Å². The van der Waals surface area contributed by atoms with Crippen LogP contribution in [0.3, 0.4) is 0 Å². The number of carbonyl (C=O) groups excluding carboxylic acids is 1. The molecular formula is C12H23N3O2. The lowest BCUT2D eigenvalue weighted by molar-refractivity contribution is -0.134. The third kappa shape index (κ3) is 3.18. The molecule has 0 aromatic rings. The molecule has 1 aliphatic carbocycles. The highest BCUT2D eigenvalue weighted by molar-refractivity contribution is 5.82. The molecular weight excluding hydrogens is 218 g/mol. The third-order valence-electron chi connectivity index (χ3n) is 3.61. The fourth-order valence-electron chi connectivity index (χ4n) is 2.34. The first-order valence-electron chi connectivity index (χ1n) is 6.60. The van der Waals surface area contributed by atoms with Crippen molar-refractivity contribution in [2.45, 2.75) is 44.3 Å². The van der Waals surface area contributed by atoms with Crippen molar-refractivity contribution >= 4 is 5.91 Å². The Balaban J connectivity index is 1.96. The Bertz CT molecular complexity index is 264. The third-order valence-corrected chi connectivity index (χ3v) is 3.61. The molecule has 1 saturated carbocycles. The molecule has 3 N–H and O–H groups in total. The maximum absolute atomic E-state index is 12.1. The van der Waals surface area contributed by atoms with Crippen molar-refractivity contribution in [3.8, 4) is 0 Å². The van der Waals surface area contributed by atoms with E-state index in [1.165, 1.54) is 0 Å². The molecule has 2 rings (SSSR count). The van der Waals surface area contributed by atoms with E-state index in [0.29, 0.717) is 25.8 Å². The van der Waals surface area contributed by atoms with Crippen molar-refractivity contribution < 1.29 is 9.53 Å². The molecule has 0 radical (unpaired) electrons. The predicted octanol–water partition coefficient (Wildman–Crippen LogP) is -0.297. The van der Waals surface area contributed by atoms with Gasteiger partial charge in [-0.25, -0.2) is 0 Å². The molecule has 0 bridgehead atoms. The van der Waals surface area contributed by atoms with Crippen LogP contribution >= 0.6 is 0 Å². The fourth-order valence-corrected chi connectivity index (χ4v) is 2.34. The fraction of sp³-hybridized carbons (Fsp3) is 0.917. The molecule has 1 amide bonds. The zero-order chi connectivity index (χ0) is 12.3. The summed E-state index contributed by atoms with van der Waals surface area (Å²) in [5.41, 5.74) is 5.78. The van der Waals surface area contributed by atoms with E-state index < -0.39 is 0 Å². The van der Waals surface area contributed by atoms with Crippen LogP contribution in [0.15, 0.2) is 0 Å². The summed E-state index contributed by atoms with van der Waals surface area (Å²) in [7, 11) is 0. The van der Waals surface area contributed by atoms with Crippen LogP contribution < -0.4 is 11.1 Å². The molecule has 98 valence electrons. The smallest absolute Gasteiger partial charge is 0.239 e. The number of nitrogens with one attached hydrogen (secondary N) is 1. The number of nitrogens with two attached hydrogens (primary N) is 1. The van der Waals surface area contributed by atoms with E-state index >= 15 is 0 Å². The lowest BCUT2D eigenvalue weighted by Gasteiger charge is -2.39. The van der Waals surface area contributed by atoms with E-state index in [0.717, 1.165) is 25.8 Å². The number of amides is 1. The van der Waals surface area contributed by atoms with E-state index in [4.69, 9.17) is 10.5 Å². The van der Waals surface area contributed by atoms with E-state index in [2.05, 4.69) is 17.1 Å². The number of carbonyl (C=O) groups is 1. The Kier molecular flexibility index (Phi) is 4.36. The highest BCUT2D eigenvalue weighted by Gasteiger charge is 2.35. The topological polar surface area (TPSA) is 67.6 Å². The van der Waals surface area contributed by atoms with Gasteiger partial charge >= 0.3 is 0 Å². The zero-order valence-electron chi connectivity index (χ0n) is 10.5. The largest absolute Gasteiger partial charge is 0.378 e. The Morgan fingerprint density at radius 2 is 2.35 bits per heavy atom.